The molecule has 0 radical (unpaired) electrons. The van der Waals surface area contributed by atoms with E-state index >= 15 is 0 Å². The van der Waals surface area contributed by atoms with Crippen LogP contribution < -0.4 is 10.6 Å². The van der Waals surface area contributed by atoms with Crippen LogP contribution >= 0.6 is 24.0 Å². The minimum absolute atomic E-state index is 0. The molecule has 1 heterocycles. The van der Waals surface area contributed by atoms with Crippen molar-refractivity contribution in [1.82, 2.24) is 10.6 Å². The lowest BCUT2D eigenvalue weighted by molar-refractivity contribution is 0.0378. The van der Waals surface area contributed by atoms with Gasteiger partial charge in [0.1, 0.15) is 17.1 Å². The van der Waals surface area contributed by atoms with Gasteiger partial charge in [-0.15, -0.1) is 24.0 Å². The van der Waals surface area contributed by atoms with Crippen molar-refractivity contribution < 1.29 is 9.52 Å². The van der Waals surface area contributed by atoms with Crippen LogP contribution in [-0.2, 0) is 12.1 Å². The Kier molecular flexibility index (Phi) is 7.88. The summed E-state index contributed by atoms with van der Waals surface area (Å²) in [6, 6.07) is 18.2. The number of rotatable bonds is 6. The highest BCUT2D eigenvalue weighted by atomic mass is 127. The van der Waals surface area contributed by atoms with E-state index < -0.39 is 5.60 Å². The van der Waals surface area contributed by atoms with Gasteiger partial charge in [0, 0.05) is 6.54 Å². The zero-order chi connectivity index (χ0) is 19.3. The molecular weight excluding hydrogens is 465 g/mol. The van der Waals surface area contributed by atoms with Crippen molar-refractivity contribution in [3.05, 3.63) is 71.7 Å². The molecule has 150 valence electrons. The van der Waals surface area contributed by atoms with Crippen LogP contribution in [-0.4, -0.2) is 24.2 Å². The summed E-state index contributed by atoms with van der Waals surface area (Å²) in [5.74, 6) is 1.98. The van der Waals surface area contributed by atoms with Gasteiger partial charge >= 0.3 is 0 Å². The van der Waals surface area contributed by atoms with Gasteiger partial charge in [-0.3, -0.25) is 0 Å². The van der Waals surface area contributed by atoms with Crippen molar-refractivity contribution >= 4 is 40.7 Å². The quantitative estimate of drug-likeness (QED) is 0.272. The molecule has 3 rings (SSSR count). The van der Waals surface area contributed by atoms with Crippen LogP contribution in [0.1, 0.15) is 30.9 Å². The van der Waals surface area contributed by atoms with E-state index in [1.165, 1.54) is 16.3 Å². The minimum Gasteiger partial charge on any atom is -0.463 e. The van der Waals surface area contributed by atoms with E-state index in [-0.39, 0.29) is 24.0 Å². The molecule has 0 amide bonds. The van der Waals surface area contributed by atoms with Gasteiger partial charge in [-0.05, 0) is 49.2 Å². The second-order valence-electron chi connectivity index (χ2n) is 6.87. The first kappa shape index (κ1) is 22.2. The Morgan fingerprint density at radius 2 is 1.82 bits per heavy atom. The van der Waals surface area contributed by atoms with E-state index in [0.717, 1.165) is 12.3 Å². The summed E-state index contributed by atoms with van der Waals surface area (Å²) in [6.45, 7) is 7.20. The number of hydrogen-bond donors (Lipinski definition) is 3. The number of aliphatic hydroxyl groups is 1. The molecule has 0 saturated carbocycles. The summed E-state index contributed by atoms with van der Waals surface area (Å²) in [6.07, 6.45) is 0. The van der Waals surface area contributed by atoms with Crippen molar-refractivity contribution in [3.8, 4) is 0 Å². The molecule has 0 fully saturated rings. The van der Waals surface area contributed by atoms with Crippen molar-refractivity contribution in [2.45, 2.75) is 32.9 Å². The molecule has 3 N–H and O–H groups in total. The SMILES string of the molecule is CCNC(=NCc1cccc2ccccc12)NCC(C)(O)c1ccc(C)o1.I. The highest BCUT2D eigenvalue weighted by Crippen LogP contribution is 2.22. The van der Waals surface area contributed by atoms with E-state index in [1.54, 1.807) is 13.0 Å². The molecule has 2 aromatic carbocycles. The molecule has 1 aromatic heterocycles. The third-order valence-electron chi connectivity index (χ3n) is 4.50. The molecule has 1 atom stereocenters. The molecule has 3 aromatic rings. The Hall–Kier alpha value is -2.06. The molecule has 0 bridgehead atoms. The largest absolute Gasteiger partial charge is 0.463 e. The van der Waals surface area contributed by atoms with Gasteiger partial charge in [-0.25, -0.2) is 4.99 Å². The Balaban J connectivity index is 0.00000280. The van der Waals surface area contributed by atoms with Gasteiger partial charge in [0.05, 0.1) is 13.1 Å². The fourth-order valence-corrected chi connectivity index (χ4v) is 3.00. The first-order chi connectivity index (χ1) is 13.0. The molecule has 0 saturated heterocycles. The van der Waals surface area contributed by atoms with E-state index in [1.807, 2.05) is 32.0 Å². The maximum absolute atomic E-state index is 10.7. The van der Waals surface area contributed by atoms with Crippen molar-refractivity contribution in [2.75, 3.05) is 13.1 Å². The first-order valence-electron chi connectivity index (χ1n) is 9.28. The zero-order valence-electron chi connectivity index (χ0n) is 16.5. The number of nitrogens with one attached hydrogen (secondary N) is 2. The Morgan fingerprint density at radius 3 is 2.54 bits per heavy atom. The Labute approximate surface area is 183 Å². The molecule has 0 aliphatic heterocycles. The zero-order valence-corrected chi connectivity index (χ0v) is 18.9. The lowest BCUT2D eigenvalue weighted by Gasteiger charge is -2.23. The second kappa shape index (κ2) is 9.93. The summed E-state index contributed by atoms with van der Waals surface area (Å²) in [5, 5.41) is 19.6. The Bertz CT molecular complexity index is 929. The number of fused-ring (bicyclic) bond motifs is 1. The lowest BCUT2D eigenvalue weighted by atomic mass is 10.0. The van der Waals surface area contributed by atoms with Crippen molar-refractivity contribution in [1.29, 1.82) is 0 Å². The summed E-state index contributed by atoms with van der Waals surface area (Å²) >= 11 is 0. The van der Waals surface area contributed by atoms with Gasteiger partial charge in [0.15, 0.2) is 5.96 Å². The molecule has 5 nitrogen and oxygen atoms in total. The topological polar surface area (TPSA) is 69.8 Å². The van der Waals surface area contributed by atoms with Gasteiger partial charge in [0.25, 0.3) is 0 Å². The fraction of sp³-hybridized carbons (Fsp3) is 0.318. The van der Waals surface area contributed by atoms with Crippen LogP contribution in [0.25, 0.3) is 10.8 Å². The number of aryl methyl sites for hydroxylation is 1. The number of benzene rings is 2. The van der Waals surface area contributed by atoms with Crippen LogP contribution in [0.15, 0.2) is 64.0 Å². The average Bonchev–Trinajstić information content (AvgIpc) is 3.11. The summed E-state index contributed by atoms with van der Waals surface area (Å²) in [4.78, 5) is 4.69. The maximum Gasteiger partial charge on any atom is 0.191 e. The fourth-order valence-electron chi connectivity index (χ4n) is 3.00. The van der Waals surface area contributed by atoms with Gasteiger partial charge in [-0.2, -0.15) is 0 Å². The number of nitrogens with zero attached hydrogens (tertiary/aromatic N) is 1. The van der Waals surface area contributed by atoms with Gasteiger partial charge in [-0.1, -0.05) is 42.5 Å². The molecule has 0 aliphatic carbocycles. The summed E-state index contributed by atoms with van der Waals surface area (Å²) in [7, 11) is 0. The van der Waals surface area contributed by atoms with Crippen LogP contribution in [0.5, 0.6) is 0 Å². The molecular formula is C22H28IN3O2. The predicted octanol–water partition coefficient (Wildman–Crippen LogP) is 4.32. The van der Waals surface area contributed by atoms with E-state index in [0.29, 0.717) is 24.8 Å². The van der Waals surface area contributed by atoms with Crippen molar-refractivity contribution in [2.24, 2.45) is 4.99 Å². The number of guanidine groups is 1. The van der Waals surface area contributed by atoms with Gasteiger partial charge in [0.2, 0.25) is 0 Å². The summed E-state index contributed by atoms with van der Waals surface area (Å²) < 4.78 is 5.57. The molecule has 0 aliphatic rings. The minimum atomic E-state index is -1.12. The highest BCUT2D eigenvalue weighted by molar-refractivity contribution is 14.0. The number of hydrogen-bond acceptors (Lipinski definition) is 3. The molecule has 28 heavy (non-hydrogen) atoms. The van der Waals surface area contributed by atoms with Gasteiger partial charge < -0.3 is 20.2 Å². The van der Waals surface area contributed by atoms with E-state index in [4.69, 9.17) is 4.42 Å². The smallest absolute Gasteiger partial charge is 0.191 e. The number of aliphatic imine (C=N–C) groups is 1. The third-order valence-corrected chi connectivity index (χ3v) is 4.50. The van der Waals surface area contributed by atoms with Crippen LogP contribution in [0, 0.1) is 6.92 Å². The standard InChI is InChI=1S/C22H27N3O2.HI/c1-4-23-21(25-15-22(3,26)20-13-12-16(2)27-20)24-14-18-10-7-9-17-8-5-6-11-19(17)18;/h5-13,26H,4,14-15H2,1-3H3,(H2,23,24,25);1H. The third kappa shape index (κ3) is 5.48. The van der Waals surface area contributed by atoms with E-state index in [9.17, 15) is 5.11 Å². The monoisotopic (exact) mass is 493 g/mol. The molecule has 6 heteroatoms. The van der Waals surface area contributed by atoms with Crippen LogP contribution in [0.4, 0.5) is 0 Å². The van der Waals surface area contributed by atoms with Crippen molar-refractivity contribution in [3.63, 3.8) is 0 Å². The van der Waals surface area contributed by atoms with E-state index in [2.05, 4.69) is 46.0 Å². The first-order valence-corrected chi connectivity index (χ1v) is 9.28. The van der Waals surface area contributed by atoms with Crippen LogP contribution in [0.3, 0.4) is 0 Å². The second-order valence-corrected chi connectivity index (χ2v) is 6.87. The average molecular weight is 493 g/mol. The number of halogens is 1. The predicted molar refractivity (Wildman–Crippen MR) is 125 cm³/mol. The molecule has 1 unspecified atom stereocenters. The lowest BCUT2D eigenvalue weighted by Crippen LogP contribution is -2.44. The molecule has 0 spiro atoms. The summed E-state index contributed by atoms with van der Waals surface area (Å²) in [5.41, 5.74) is 0.0443. The number of furan rings is 1. The normalized spacial score (nSPS) is 13.6. The maximum atomic E-state index is 10.7. The Morgan fingerprint density at radius 1 is 1.07 bits per heavy atom. The van der Waals surface area contributed by atoms with Crippen LogP contribution in [0.2, 0.25) is 0 Å². The highest BCUT2D eigenvalue weighted by Gasteiger charge is 2.27.